The SMILES string of the molecule is c1ccc(-c2nc(-c3ccccc3)nc(-c3ccc(-c4cccc(-c5cccc(-c6ccc7c(c6)OCCc6ccnc8cccc-7c68)c5)c4)cc3)n2)cc1. The number of nitrogens with zero attached hydrogens (tertiary/aromatic N) is 4. The van der Waals surface area contributed by atoms with Crippen molar-refractivity contribution in [2.45, 2.75) is 6.42 Å². The Hall–Kier alpha value is -7.24. The molecule has 55 heavy (non-hydrogen) atoms. The quantitative estimate of drug-likeness (QED) is 0.172. The van der Waals surface area contributed by atoms with Crippen LogP contribution in [0, 0.1) is 0 Å². The summed E-state index contributed by atoms with van der Waals surface area (Å²) in [7, 11) is 0. The van der Waals surface area contributed by atoms with Gasteiger partial charge < -0.3 is 4.74 Å². The van der Waals surface area contributed by atoms with Gasteiger partial charge in [0, 0.05) is 40.3 Å². The van der Waals surface area contributed by atoms with E-state index in [1.807, 2.05) is 66.9 Å². The summed E-state index contributed by atoms with van der Waals surface area (Å²) in [5.74, 6) is 2.85. The lowest BCUT2D eigenvalue weighted by Gasteiger charge is -2.20. The average molecular weight is 707 g/mol. The van der Waals surface area contributed by atoms with Crippen molar-refractivity contribution in [1.29, 1.82) is 0 Å². The smallest absolute Gasteiger partial charge is 0.164 e. The van der Waals surface area contributed by atoms with E-state index in [2.05, 4.69) is 120 Å². The van der Waals surface area contributed by atoms with Gasteiger partial charge in [0.1, 0.15) is 5.75 Å². The van der Waals surface area contributed by atoms with Gasteiger partial charge in [-0.3, -0.25) is 4.98 Å². The highest BCUT2D eigenvalue weighted by Crippen LogP contribution is 2.41. The van der Waals surface area contributed by atoms with Gasteiger partial charge in [0.2, 0.25) is 0 Å². The molecule has 0 unspecified atom stereocenters. The molecule has 0 amide bonds. The lowest BCUT2D eigenvalue weighted by atomic mass is 9.92. The molecule has 0 N–H and O–H groups in total. The van der Waals surface area contributed by atoms with Gasteiger partial charge in [0.25, 0.3) is 0 Å². The molecular weight excluding hydrogens is 673 g/mol. The molecule has 0 saturated carbocycles. The Labute approximate surface area is 319 Å². The van der Waals surface area contributed by atoms with Gasteiger partial charge in [-0.15, -0.1) is 0 Å². The monoisotopic (exact) mass is 706 g/mol. The maximum atomic E-state index is 6.42. The second-order valence-electron chi connectivity index (χ2n) is 13.8. The number of aromatic nitrogens is 4. The third-order valence-electron chi connectivity index (χ3n) is 10.3. The Morgan fingerprint density at radius 1 is 0.382 bits per heavy atom. The number of benzene rings is 7. The van der Waals surface area contributed by atoms with Crippen LogP contribution in [0.3, 0.4) is 0 Å². The number of rotatable bonds is 6. The molecule has 0 atom stereocenters. The van der Waals surface area contributed by atoms with E-state index in [4.69, 9.17) is 19.7 Å². The fraction of sp³-hybridized carbons (Fsp3) is 0.0400. The first-order valence-corrected chi connectivity index (χ1v) is 18.6. The Morgan fingerprint density at radius 3 is 1.49 bits per heavy atom. The lowest BCUT2D eigenvalue weighted by Crippen LogP contribution is -2.06. The van der Waals surface area contributed by atoms with Gasteiger partial charge in [0.15, 0.2) is 17.5 Å². The Balaban J connectivity index is 0.951. The minimum absolute atomic E-state index is 0.622. The number of ether oxygens (including phenoxy) is 1. The zero-order chi connectivity index (χ0) is 36.6. The highest BCUT2D eigenvalue weighted by atomic mass is 16.5. The van der Waals surface area contributed by atoms with E-state index in [0.717, 1.165) is 73.3 Å². The Bertz CT molecular complexity index is 2770. The molecule has 1 aliphatic heterocycles. The highest BCUT2D eigenvalue weighted by Gasteiger charge is 2.18. The molecule has 0 fully saturated rings. The zero-order valence-electron chi connectivity index (χ0n) is 29.9. The maximum Gasteiger partial charge on any atom is 0.164 e. The highest BCUT2D eigenvalue weighted by molar-refractivity contribution is 5.99. The van der Waals surface area contributed by atoms with Crippen molar-refractivity contribution >= 4 is 10.9 Å². The van der Waals surface area contributed by atoms with E-state index >= 15 is 0 Å². The van der Waals surface area contributed by atoms with E-state index in [9.17, 15) is 0 Å². The summed E-state index contributed by atoms with van der Waals surface area (Å²) in [5.41, 5.74) is 14.2. The van der Waals surface area contributed by atoms with Crippen LogP contribution in [0.2, 0.25) is 0 Å². The minimum atomic E-state index is 0.622. The third-order valence-corrected chi connectivity index (χ3v) is 10.3. The number of hydrogen-bond acceptors (Lipinski definition) is 5. The van der Waals surface area contributed by atoms with Crippen molar-refractivity contribution in [3.8, 4) is 84.4 Å². The molecule has 3 heterocycles. The Morgan fingerprint density at radius 2 is 0.873 bits per heavy atom. The van der Waals surface area contributed by atoms with Crippen molar-refractivity contribution in [1.82, 2.24) is 19.9 Å². The molecule has 5 nitrogen and oxygen atoms in total. The molecule has 260 valence electrons. The van der Waals surface area contributed by atoms with Crippen LogP contribution in [0.1, 0.15) is 5.56 Å². The number of hydrogen-bond donors (Lipinski definition) is 0. The van der Waals surface area contributed by atoms with Crippen molar-refractivity contribution < 1.29 is 4.74 Å². The van der Waals surface area contributed by atoms with E-state index in [1.54, 1.807) is 0 Å². The van der Waals surface area contributed by atoms with E-state index < -0.39 is 0 Å². The predicted molar refractivity (Wildman–Crippen MR) is 222 cm³/mol. The van der Waals surface area contributed by atoms with E-state index in [0.29, 0.717) is 24.1 Å². The van der Waals surface area contributed by atoms with Crippen LogP contribution < -0.4 is 4.74 Å². The van der Waals surface area contributed by atoms with Gasteiger partial charge in [-0.05, 0) is 74.8 Å². The first-order valence-electron chi connectivity index (χ1n) is 18.6. The van der Waals surface area contributed by atoms with Crippen molar-refractivity contribution in [2.24, 2.45) is 0 Å². The average Bonchev–Trinajstić information content (AvgIpc) is 3.26. The van der Waals surface area contributed by atoms with E-state index in [1.165, 1.54) is 16.5 Å². The second kappa shape index (κ2) is 14.0. The first kappa shape index (κ1) is 32.4. The van der Waals surface area contributed by atoms with Crippen molar-refractivity contribution in [3.63, 3.8) is 0 Å². The summed E-state index contributed by atoms with van der Waals surface area (Å²) in [5, 5.41) is 1.22. The fourth-order valence-corrected chi connectivity index (χ4v) is 7.53. The molecule has 0 saturated heterocycles. The maximum absolute atomic E-state index is 6.42. The largest absolute Gasteiger partial charge is 0.493 e. The second-order valence-corrected chi connectivity index (χ2v) is 13.8. The normalized spacial score (nSPS) is 12.0. The first-order chi connectivity index (χ1) is 27.2. The van der Waals surface area contributed by atoms with Gasteiger partial charge in [-0.1, -0.05) is 146 Å². The minimum Gasteiger partial charge on any atom is -0.493 e. The molecule has 0 bridgehead atoms. The molecule has 0 aliphatic carbocycles. The van der Waals surface area contributed by atoms with Crippen molar-refractivity contribution in [3.05, 3.63) is 188 Å². The summed E-state index contributed by atoms with van der Waals surface area (Å²) in [6, 6.07) is 61.1. The van der Waals surface area contributed by atoms with Crippen LogP contribution in [0.4, 0.5) is 0 Å². The van der Waals surface area contributed by atoms with Crippen LogP contribution in [0.5, 0.6) is 5.75 Å². The number of pyridine rings is 1. The van der Waals surface area contributed by atoms with E-state index in [-0.39, 0.29) is 0 Å². The summed E-state index contributed by atoms with van der Waals surface area (Å²) < 4.78 is 6.42. The molecule has 10 rings (SSSR count). The number of fused-ring (bicyclic) bond motifs is 2. The van der Waals surface area contributed by atoms with Crippen LogP contribution >= 0.6 is 0 Å². The standard InChI is InChI=1S/C50H34N4O/c1-3-10-35(11-4-1)48-52-49(36-12-5-2-6-13-36)54-50(53-48)37-22-20-33(21-23-37)38-14-7-15-39(30-38)40-16-8-17-41(31-40)42-24-25-43-44-18-9-19-45-47(44)34(26-28-51-45)27-29-55-46(43)32-42/h1-26,28,30-32H,27,29H2. The molecule has 0 radical (unpaired) electrons. The zero-order valence-corrected chi connectivity index (χ0v) is 29.9. The third kappa shape index (κ3) is 6.32. The van der Waals surface area contributed by atoms with Crippen LogP contribution in [-0.4, -0.2) is 26.5 Å². The summed E-state index contributed by atoms with van der Waals surface area (Å²) >= 11 is 0. The molecule has 5 heteroatoms. The van der Waals surface area contributed by atoms with Crippen LogP contribution in [0.25, 0.3) is 89.6 Å². The van der Waals surface area contributed by atoms with Crippen LogP contribution in [0.15, 0.2) is 182 Å². The Kier molecular flexibility index (Phi) is 8.23. The molecule has 1 aliphatic rings. The van der Waals surface area contributed by atoms with Gasteiger partial charge in [-0.2, -0.15) is 0 Å². The van der Waals surface area contributed by atoms with Gasteiger partial charge in [-0.25, -0.2) is 15.0 Å². The summed E-state index contributed by atoms with van der Waals surface area (Å²) in [4.78, 5) is 19.3. The summed E-state index contributed by atoms with van der Waals surface area (Å²) in [6.07, 6.45) is 2.74. The van der Waals surface area contributed by atoms with Gasteiger partial charge in [0.05, 0.1) is 12.1 Å². The fourth-order valence-electron chi connectivity index (χ4n) is 7.53. The molecule has 2 aromatic heterocycles. The predicted octanol–water partition coefficient (Wildman–Crippen LogP) is 12.0. The van der Waals surface area contributed by atoms with Crippen molar-refractivity contribution in [2.75, 3.05) is 6.61 Å². The van der Waals surface area contributed by atoms with Gasteiger partial charge >= 0.3 is 0 Å². The molecular formula is C50H34N4O. The molecule has 7 aromatic carbocycles. The molecule has 9 aromatic rings. The topological polar surface area (TPSA) is 60.8 Å². The summed E-state index contributed by atoms with van der Waals surface area (Å²) in [6.45, 7) is 0.622. The van der Waals surface area contributed by atoms with Crippen LogP contribution in [-0.2, 0) is 6.42 Å². The molecule has 0 spiro atoms. The lowest BCUT2D eigenvalue weighted by molar-refractivity contribution is 0.323.